The third-order valence-electron chi connectivity index (χ3n) is 5.46. The summed E-state index contributed by atoms with van der Waals surface area (Å²) in [5.41, 5.74) is 1.56. The van der Waals surface area contributed by atoms with E-state index in [2.05, 4.69) is 20.1 Å². The lowest BCUT2D eigenvalue weighted by Crippen LogP contribution is -2.23. The highest BCUT2D eigenvalue weighted by Crippen LogP contribution is 2.39. The van der Waals surface area contributed by atoms with Crippen LogP contribution in [0.15, 0.2) is 53.7 Å². The molecule has 0 spiro atoms. The van der Waals surface area contributed by atoms with Crippen LogP contribution >= 0.6 is 23.4 Å². The van der Waals surface area contributed by atoms with Crippen molar-refractivity contribution in [2.45, 2.75) is 49.1 Å². The molecule has 1 N–H and O–H groups in total. The van der Waals surface area contributed by atoms with Crippen LogP contribution in [0.5, 0.6) is 5.75 Å². The first-order valence-electron chi connectivity index (χ1n) is 10.4. The maximum Gasteiger partial charge on any atom is 0.237 e. The van der Waals surface area contributed by atoms with Crippen molar-refractivity contribution in [1.82, 2.24) is 14.8 Å². The van der Waals surface area contributed by atoms with E-state index in [0.717, 1.165) is 29.4 Å². The van der Waals surface area contributed by atoms with E-state index in [1.54, 1.807) is 13.2 Å². The molecule has 1 aliphatic rings. The molecular formula is C23H25ClN4O2S. The number of amides is 1. The fourth-order valence-corrected chi connectivity index (χ4v) is 4.97. The molecule has 2 aromatic carbocycles. The number of carbonyl (C=O) groups excluding carboxylic acids is 1. The molecule has 1 atom stereocenters. The van der Waals surface area contributed by atoms with Gasteiger partial charge in [0.15, 0.2) is 11.0 Å². The maximum atomic E-state index is 12.8. The molecule has 6 nitrogen and oxygen atoms in total. The number of carbonyl (C=O) groups is 1. The van der Waals surface area contributed by atoms with Crippen LogP contribution in [0.4, 0.5) is 5.69 Å². The molecule has 8 heteroatoms. The van der Waals surface area contributed by atoms with Gasteiger partial charge < -0.3 is 10.1 Å². The van der Waals surface area contributed by atoms with Crippen LogP contribution in [0.1, 0.15) is 38.6 Å². The Hall–Kier alpha value is -2.51. The van der Waals surface area contributed by atoms with Crippen molar-refractivity contribution in [1.29, 1.82) is 0 Å². The van der Waals surface area contributed by atoms with Crippen molar-refractivity contribution in [3.05, 3.63) is 53.6 Å². The quantitative estimate of drug-likeness (QED) is 0.452. The van der Waals surface area contributed by atoms with E-state index in [0.29, 0.717) is 22.5 Å². The Balaban J connectivity index is 1.57. The van der Waals surface area contributed by atoms with E-state index in [4.69, 9.17) is 16.3 Å². The Morgan fingerprint density at radius 2 is 1.97 bits per heavy atom. The summed E-state index contributed by atoms with van der Waals surface area (Å²) in [7, 11) is 1.60. The van der Waals surface area contributed by atoms with Crippen LogP contribution in [0.2, 0.25) is 5.02 Å². The summed E-state index contributed by atoms with van der Waals surface area (Å²) in [5, 5.41) is 12.9. The van der Waals surface area contributed by atoms with E-state index in [-0.39, 0.29) is 11.2 Å². The second-order valence-corrected chi connectivity index (χ2v) is 9.29. The number of hydrogen-bond acceptors (Lipinski definition) is 5. The molecule has 162 valence electrons. The zero-order valence-corrected chi connectivity index (χ0v) is 19.1. The van der Waals surface area contributed by atoms with Gasteiger partial charge in [-0.1, -0.05) is 54.4 Å². The molecule has 1 aliphatic carbocycles. The number of rotatable bonds is 7. The van der Waals surface area contributed by atoms with Crippen LogP contribution in [0.25, 0.3) is 11.4 Å². The highest BCUT2D eigenvalue weighted by molar-refractivity contribution is 8.00. The van der Waals surface area contributed by atoms with Gasteiger partial charge in [-0.15, -0.1) is 10.2 Å². The number of thioether (sulfide) groups is 1. The number of nitrogens with one attached hydrogen (secondary N) is 1. The third kappa shape index (κ3) is 4.88. The Kier molecular flexibility index (Phi) is 6.83. The molecule has 0 bridgehead atoms. The summed E-state index contributed by atoms with van der Waals surface area (Å²) in [6.07, 6.45) is 4.52. The number of benzene rings is 2. The van der Waals surface area contributed by atoms with Crippen LogP contribution in [-0.4, -0.2) is 33.0 Å². The molecule has 1 heterocycles. The lowest BCUT2D eigenvalue weighted by atomic mass is 10.2. The lowest BCUT2D eigenvalue weighted by molar-refractivity contribution is -0.115. The largest absolute Gasteiger partial charge is 0.497 e. The van der Waals surface area contributed by atoms with Gasteiger partial charge in [0.25, 0.3) is 0 Å². The normalized spacial score (nSPS) is 15.1. The molecule has 1 saturated carbocycles. The summed E-state index contributed by atoms with van der Waals surface area (Å²) in [6.45, 7) is 1.88. The molecule has 31 heavy (non-hydrogen) atoms. The first-order valence-corrected chi connectivity index (χ1v) is 11.6. The summed E-state index contributed by atoms with van der Waals surface area (Å²) in [6, 6.07) is 15.3. The second kappa shape index (κ2) is 9.75. The standard InChI is InChI=1S/C23H25ClN4O2S/c1-15(22(29)25-16-8-7-11-18(14-16)30-2)31-23-27-26-21(19-12-5-6-13-20(19)24)28(23)17-9-3-4-10-17/h5-8,11-15,17H,3-4,9-10H2,1-2H3,(H,25,29)/t15-/m1/s1. The Labute approximate surface area is 191 Å². The SMILES string of the molecule is COc1cccc(NC(=O)[C@@H](C)Sc2nnc(-c3ccccc3Cl)n2C2CCCC2)c1. The number of hydrogen-bond donors (Lipinski definition) is 1. The van der Waals surface area contributed by atoms with Gasteiger partial charge in [0.2, 0.25) is 5.91 Å². The smallest absolute Gasteiger partial charge is 0.237 e. The lowest BCUT2D eigenvalue weighted by Gasteiger charge is -2.19. The van der Waals surface area contributed by atoms with Gasteiger partial charge in [-0.25, -0.2) is 0 Å². The van der Waals surface area contributed by atoms with Gasteiger partial charge in [-0.05, 0) is 44.0 Å². The zero-order valence-electron chi connectivity index (χ0n) is 17.5. The van der Waals surface area contributed by atoms with E-state index in [1.165, 1.54) is 24.6 Å². The fourth-order valence-electron chi connectivity index (χ4n) is 3.83. The molecule has 4 rings (SSSR count). The third-order valence-corrected chi connectivity index (χ3v) is 6.84. The number of ether oxygens (including phenoxy) is 1. The van der Waals surface area contributed by atoms with Gasteiger partial charge >= 0.3 is 0 Å². The van der Waals surface area contributed by atoms with Crippen molar-refractivity contribution in [2.24, 2.45) is 0 Å². The van der Waals surface area contributed by atoms with Crippen LogP contribution in [0, 0.1) is 0 Å². The van der Waals surface area contributed by atoms with E-state index < -0.39 is 0 Å². The maximum absolute atomic E-state index is 12.8. The molecule has 0 unspecified atom stereocenters. The van der Waals surface area contributed by atoms with Gasteiger partial charge in [0, 0.05) is 23.4 Å². The van der Waals surface area contributed by atoms with E-state index >= 15 is 0 Å². The van der Waals surface area contributed by atoms with Crippen molar-refractivity contribution < 1.29 is 9.53 Å². The van der Waals surface area contributed by atoms with Crippen molar-refractivity contribution in [2.75, 3.05) is 12.4 Å². The van der Waals surface area contributed by atoms with Gasteiger partial charge in [0.05, 0.1) is 17.4 Å². The molecule has 0 radical (unpaired) electrons. The first kappa shape index (κ1) is 21.7. The van der Waals surface area contributed by atoms with Crippen LogP contribution < -0.4 is 10.1 Å². The number of anilines is 1. The van der Waals surface area contributed by atoms with Gasteiger partial charge in [0.1, 0.15) is 5.75 Å². The predicted octanol–water partition coefficient (Wildman–Crippen LogP) is 5.84. The monoisotopic (exact) mass is 456 g/mol. The molecular weight excluding hydrogens is 432 g/mol. The fraction of sp³-hybridized carbons (Fsp3) is 0.348. The topological polar surface area (TPSA) is 69.0 Å². The summed E-state index contributed by atoms with van der Waals surface area (Å²) >= 11 is 7.87. The number of nitrogens with zero attached hydrogens (tertiary/aromatic N) is 3. The van der Waals surface area contributed by atoms with Gasteiger partial charge in [-0.3, -0.25) is 9.36 Å². The zero-order chi connectivity index (χ0) is 21.8. The van der Waals surface area contributed by atoms with Crippen LogP contribution in [-0.2, 0) is 4.79 Å². The van der Waals surface area contributed by atoms with Crippen molar-refractivity contribution >= 4 is 35.0 Å². The Bertz CT molecular complexity index is 1070. The first-order chi connectivity index (χ1) is 15.1. The minimum Gasteiger partial charge on any atom is -0.497 e. The van der Waals surface area contributed by atoms with E-state index in [9.17, 15) is 4.79 Å². The summed E-state index contributed by atoms with van der Waals surface area (Å²) < 4.78 is 7.41. The summed E-state index contributed by atoms with van der Waals surface area (Å²) in [5.74, 6) is 1.36. The Morgan fingerprint density at radius 1 is 1.19 bits per heavy atom. The second-order valence-electron chi connectivity index (χ2n) is 7.58. The van der Waals surface area contributed by atoms with E-state index in [1.807, 2.05) is 49.4 Å². The molecule has 3 aromatic rings. The minimum absolute atomic E-state index is 0.0986. The minimum atomic E-state index is -0.352. The summed E-state index contributed by atoms with van der Waals surface area (Å²) in [4.78, 5) is 12.8. The van der Waals surface area contributed by atoms with Crippen molar-refractivity contribution in [3.63, 3.8) is 0 Å². The average Bonchev–Trinajstić information content (AvgIpc) is 3.44. The molecule has 0 aliphatic heterocycles. The molecule has 1 amide bonds. The van der Waals surface area contributed by atoms with Crippen molar-refractivity contribution in [3.8, 4) is 17.1 Å². The van der Waals surface area contributed by atoms with Gasteiger partial charge in [-0.2, -0.15) is 0 Å². The number of halogens is 1. The highest BCUT2D eigenvalue weighted by Gasteiger charge is 2.28. The molecule has 0 saturated heterocycles. The predicted molar refractivity (Wildman–Crippen MR) is 125 cm³/mol. The molecule has 1 fully saturated rings. The average molecular weight is 457 g/mol. The Morgan fingerprint density at radius 3 is 2.71 bits per heavy atom. The number of aromatic nitrogens is 3. The highest BCUT2D eigenvalue weighted by atomic mass is 35.5. The number of methoxy groups -OCH3 is 1. The van der Waals surface area contributed by atoms with Crippen LogP contribution in [0.3, 0.4) is 0 Å². The molecule has 1 aromatic heterocycles.